The first kappa shape index (κ1) is 11.3. The zero-order chi connectivity index (χ0) is 10.4. The molecule has 1 aromatic rings. The van der Waals surface area contributed by atoms with E-state index in [0.29, 0.717) is 6.54 Å². The highest BCUT2D eigenvalue weighted by Crippen LogP contribution is 2.17. The van der Waals surface area contributed by atoms with Crippen LogP contribution < -0.4 is 5.32 Å². The Morgan fingerprint density at radius 2 is 1.93 bits per heavy atom. The van der Waals surface area contributed by atoms with Gasteiger partial charge in [0.15, 0.2) is 0 Å². The fourth-order valence-electron chi connectivity index (χ4n) is 1.10. The first-order chi connectivity index (χ1) is 6.75. The molecule has 1 N–H and O–H groups in total. The third-order valence-corrected chi connectivity index (χ3v) is 2.49. The summed E-state index contributed by atoms with van der Waals surface area (Å²) in [6, 6.07) is 3.86. The second-order valence-electron chi connectivity index (χ2n) is 2.87. The smallest absolute Gasteiger partial charge is 0.149 e. The Kier molecular flexibility index (Phi) is 4.73. The minimum absolute atomic E-state index is 0.0198. The standard InChI is InChI=1S/C10H13F2NS/c1-14-7-3-6-13-10-8(11)4-2-5-9(10)12/h2,4-5,13H,3,6-7H2,1H3. The van der Waals surface area contributed by atoms with E-state index < -0.39 is 11.6 Å². The highest BCUT2D eigenvalue weighted by Gasteiger charge is 2.06. The van der Waals surface area contributed by atoms with E-state index in [1.54, 1.807) is 11.8 Å². The second kappa shape index (κ2) is 5.86. The Morgan fingerprint density at radius 1 is 1.29 bits per heavy atom. The molecule has 0 aliphatic carbocycles. The molecular formula is C10H13F2NS. The minimum atomic E-state index is -0.533. The maximum Gasteiger partial charge on any atom is 0.149 e. The van der Waals surface area contributed by atoms with Crippen LogP contribution in [0.3, 0.4) is 0 Å². The normalized spacial score (nSPS) is 10.2. The summed E-state index contributed by atoms with van der Waals surface area (Å²) in [5.74, 6) is -0.0772. The molecule has 0 unspecified atom stereocenters. The van der Waals surface area contributed by atoms with Crippen molar-refractivity contribution in [2.75, 3.05) is 23.9 Å². The number of hydrogen-bond donors (Lipinski definition) is 1. The molecule has 0 heterocycles. The van der Waals surface area contributed by atoms with E-state index in [2.05, 4.69) is 5.32 Å². The average Bonchev–Trinajstić information content (AvgIpc) is 2.16. The Morgan fingerprint density at radius 3 is 2.50 bits per heavy atom. The van der Waals surface area contributed by atoms with Crippen molar-refractivity contribution in [1.29, 1.82) is 0 Å². The molecule has 0 spiro atoms. The first-order valence-electron chi connectivity index (χ1n) is 4.42. The lowest BCUT2D eigenvalue weighted by atomic mass is 10.3. The van der Waals surface area contributed by atoms with Crippen LogP contribution in [0.2, 0.25) is 0 Å². The van der Waals surface area contributed by atoms with Crippen molar-refractivity contribution in [3.63, 3.8) is 0 Å². The van der Waals surface area contributed by atoms with Crippen molar-refractivity contribution >= 4 is 17.4 Å². The van der Waals surface area contributed by atoms with Gasteiger partial charge in [0.05, 0.1) is 0 Å². The van der Waals surface area contributed by atoms with Gasteiger partial charge in [-0.1, -0.05) is 6.07 Å². The van der Waals surface area contributed by atoms with Crippen molar-refractivity contribution < 1.29 is 8.78 Å². The van der Waals surface area contributed by atoms with E-state index in [1.165, 1.54) is 18.2 Å². The fraction of sp³-hybridized carbons (Fsp3) is 0.400. The van der Waals surface area contributed by atoms with Crippen molar-refractivity contribution in [3.8, 4) is 0 Å². The molecule has 0 fully saturated rings. The van der Waals surface area contributed by atoms with Crippen LogP contribution in [0.25, 0.3) is 0 Å². The van der Waals surface area contributed by atoms with Gasteiger partial charge in [-0.05, 0) is 30.6 Å². The Hall–Kier alpha value is -0.770. The predicted octanol–water partition coefficient (Wildman–Crippen LogP) is 3.13. The summed E-state index contributed by atoms with van der Waals surface area (Å²) in [5.41, 5.74) is -0.0198. The van der Waals surface area contributed by atoms with Gasteiger partial charge in [-0.25, -0.2) is 8.78 Å². The largest absolute Gasteiger partial charge is 0.380 e. The molecule has 0 aliphatic heterocycles. The number of thioether (sulfide) groups is 1. The number of halogens is 2. The van der Waals surface area contributed by atoms with Gasteiger partial charge >= 0.3 is 0 Å². The molecule has 78 valence electrons. The van der Waals surface area contributed by atoms with Crippen LogP contribution in [0.1, 0.15) is 6.42 Å². The van der Waals surface area contributed by atoms with Crippen LogP contribution in [0, 0.1) is 11.6 Å². The SMILES string of the molecule is CSCCCNc1c(F)cccc1F. The number of rotatable bonds is 5. The van der Waals surface area contributed by atoms with E-state index >= 15 is 0 Å². The predicted molar refractivity (Wildman–Crippen MR) is 57.8 cm³/mol. The zero-order valence-corrected chi connectivity index (χ0v) is 8.83. The number of para-hydroxylation sites is 1. The van der Waals surface area contributed by atoms with Crippen LogP contribution in [0.15, 0.2) is 18.2 Å². The summed E-state index contributed by atoms with van der Waals surface area (Å²) in [5, 5.41) is 2.75. The van der Waals surface area contributed by atoms with Crippen molar-refractivity contribution in [3.05, 3.63) is 29.8 Å². The van der Waals surface area contributed by atoms with Crippen LogP contribution in [-0.2, 0) is 0 Å². The second-order valence-corrected chi connectivity index (χ2v) is 3.86. The Balaban J connectivity index is 2.49. The quantitative estimate of drug-likeness (QED) is 0.760. The summed E-state index contributed by atoms with van der Waals surface area (Å²) in [4.78, 5) is 0. The Bertz CT molecular complexity index is 271. The van der Waals surface area contributed by atoms with Crippen molar-refractivity contribution in [2.24, 2.45) is 0 Å². The molecule has 4 heteroatoms. The molecule has 0 amide bonds. The van der Waals surface area contributed by atoms with Crippen molar-refractivity contribution in [1.82, 2.24) is 0 Å². The number of hydrogen-bond acceptors (Lipinski definition) is 2. The van der Waals surface area contributed by atoms with Gasteiger partial charge in [-0.3, -0.25) is 0 Å². The molecule has 0 radical (unpaired) electrons. The van der Waals surface area contributed by atoms with E-state index in [-0.39, 0.29) is 5.69 Å². The van der Waals surface area contributed by atoms with E-state index in [4.69, 9.17) is 0 Å². The van der Waals surface area contributed by atoms with Gasteiger partial charge in [0, 0.05) is 6.54 Å². The highest BCUT2D eigenvalue weighted by molar-refractivity contribution is 7.98. The summed E-state index contributed by atoms with van der Waals surface area (Å²) >= 11 is 1.72. The molecule has 0 atom stereocenters. The minimum Gasteiger partial charge on any atom is -0.380 e. The van der Waals surface area contributed by atoms with Gasteiger partial charge in [-0.15, -0.1) is 0 Å². The molecule has 0 saturated carbocycles. The topological polar surface area (TPSA) is 12.0 Å². The van der Waals surface area contributed by atoms with Gasteiger partial charge < -0.3 is 5.32 Å². The molecule has 1 nitrogen and oxygen atoms in total. The van der Waals surface area contributed by atoms with E-state index in [0.717, 1.165) is 12.2 Å². The van der Waals surface area contributed by atoms with Gasteiger partial charge in [0.2, 0.25) is 0 Å². The maximum atomic E-state index is 13.1. The average molecular weight is 217 g/mol. The third-order valence-electron chi connectivity index (χ3n) is 1.79. The van der Waals surface area contributed by atoms with Gasteiger partial charge in [0.1, 0.15) is 17.3 Å². The molecule has 0 bridgehead atoms. The number of nitrogens with one attached hydrogen (secondary N) is 1. The third kappa shape index (κ3) is 3.18. The van der Waals surface area contributed by atoms with Crippen LogP contribution >= 0.6 is 11.8 Å². The van der Waals surface area contributed by atoms with Crippen molar-refractivity contribution in [2.45, 2.75) is 6.42 Å². The molecule has 1 aromatic carbocycles. The molecule has 0 aromatic heterocycles. The molecule has 0 saturated heterocycles. The molecule has 1 rings (SSSR count). The van der Waals surface area contributed by atoms with Crippen LogP contribution in [-0.4, -0.2) is 18.6 Å². The fourth-order valence-corrected chi connectivity index (χ4v) is 1.53. The lowest BCUT2D eigenvalue weighted by Crippen LogP contribution is -2.06. The zero-order valence-electron chi connectivity index (χ0n) is 8.02. The highest BCUT2D eigenvalue weighted by atomic mass is 32.2. The summed E-state index contributed by atoms with van der Waals surface area (Å²) in [6.45, 7) is 0.596. The maximum absolute atomic E-state index is 13.1. The molecule has 14 heavy (non-hydrogen) atoms. The summed E-state index contributed by atoms with van der Waals surface area (Å²) < 4.78 is 26.1. The van der Waals surface area contributed by atoms with E-state index in [1.807, 2.05) is 6.26 Å². The van der Waals surface area contributed by atoms with Crippen LogP contribution in [0.5, 0.6) is 0 Å². The molecular weight excluding hydrogens is 204 g/mol. The van der Waals surface area contributed by atoms with Gasteiger partial charge in [0.25, 0.3) is 0 Å². The van der Waals surface area contributed by atoms with Gasteiger partial charge in [-0.2, -0.15) is 11.8 Å². The lowest BCUT2D eigenvalue weighted by Gasteiger charge is -2.07. The van der Waals surface area contributed by atoms with Crippen LogP contribution in [0.4, 0.5) is 14.5 Å². The number of benzene rings is 1. The number of anilines is 1. The Labute approximate surface area is 86.9 Å². The lowest BCUT2D eigenvalue weighted by molar-refractivity contribution is 0.588. The summed E-state index contributed by atoms with van der Waals surface area (Å²) in [6.07, 6.45) is 2.90. The summed E-state index contributed by atoms with van der Waals surface area (Å²) in [7, 11) is 0. The first-order valence-corrected chi connectivity index (χ1v) is 5.82. The monoisotopic (exact) mass is 217 g/mol. The molecule has 0 aliphatic rings. The van der Waals surface area contributed by atoms with E-state index in [9.17, 15) is 8.78 Å².